The van der Waals surface area contributed by atoms with E-state index < -0.39 is 5.54 Å². The number of rotatable bonds is 7. The molecule has 1 aliphatic heterocycles. The van der Waals surface area contributed by atoms with Crippen LogP contribution in [-0.4, -0.2) is 32.5 Å². The van der Waals surface area contributed by atoms with Crippen LogP contribution in [0.25, 0.3) is 0 Å². The van der Waals surface area contributed by atoms with Gasteiger partial charge >= 0.3 is 0 Å². The molecule has 0 saturated carbocycles. The van der Waals surface area contributed by atoms with Crippen LogP contribution in [0.1, 0.15) is 25.8 Å². The molecule has 2 unspecified atom stereocenters. The molecule has 4 nitrogen and oxygen atoms in total. The monoisotopic (exact) mass is 288 g/mol. The van der Waals surface area contributed by atoms with Crippen molar-refractivity contribution in [1.82, 2.24) is 5.32 Å². The van der Waals surface area contributed by atoms with E-state index in [9.17, 15) is 5.26 Å². The number of ether oxygens (including phenoxy) is 2. The molecular weight excluding hydrogens is 264 g/mol. The third-order valence-corrected chi connectivity index (χ3v) is 3.69. The average molecular weight is 288 g/mol. The second-order valence-electron chi connectivity index (χ2n) is 5.93. The molecule has 0 bridgehead atoms. The van der Waals surface area contributed by atoms with E-state index in [-0.39, 0.29) is 6.04 Å². The quantitative estimate of drug-likeness (QED) is 0.837. The van der Waals surface area contributed by atoms with Crippen molar-refractivity contribution in [3.05, 3.63) is 35.9 Å². The SMILES string of the molecule is CC(C)NC(C#N)(COCC1CCOC1)c1ccccc1. The minimum Gasteiger partial charge on any atom is -0.381 e. The summed E-state index contributed by atoms with van der Waals surface area (Å²) in [7, 11) is 0. The summed E-state index contributed by atoms with van der Waals surface area (Å²) in [5.41, 5.74) is 0.151. The number of nitrogens with zero attached hydrogens (tertiary/aromatic N) is 1. The highest BCUT2D eigenvalue weighted by Gasteiger charge is 2.33. The zero-order chi connectivity index (χ0) is 15.1. The van der Waals surface area contributed by atoms with Crippen LogP contribution < -0.4 is 5.32 Å². The van der Waals surface area contributed by atoms with Crippen LogP contribution in [0.2, 0.25) is 0 Å². The third-order valence-electron chi connectivity index (χ3n) is 3.69. The Bertz CT molecular complexity index is 463. The van der Waals surface area contributed by atoms with Crippen LogP contribution in [0.5, 0.6) is 0 Å². The second kappa shape index (κ2) is 7.56. The Morgan fingerprint density at radius 2 is 2.19 bits per heavy atom. The van der Waals surface area contributed by atoms with Gasteiger partial charge in [-0.1, -0.05) is 30.3 Å². The van der Waals surface area contributed by atoms with Gasteiger partial charge in [-0.3, -0.25) is 5.32 Å². The van der Waals surface area contributed by atoms with Gasteiger partial charge in [-0.25, -0.2) is 0 Å². The van der Waals surface area contributed by atoms with Gasteiger partial charge in [0, 0.05) is 18.6 Å². The van der Waals surface area contributed by atoms with Crippen molar-refractivity contribution in [2.24, 2.45) is 5.92 Å². The topological polar surface area (TPSA) is 54.3 Å². The first kappa shape index (κ1) is 16.0. The fourth-order valence-electron chi connectivity index (χ4n) is 2.65. The van der Waals surface area contributed by atoms with Crippen molar-refractivity contribution in [2.45, 2.75) is 31.8 Å². The van der Waals surface area contributed by atoms with E-state index in [1.54, 1.807) is 0 Å². The van der Waals surface area contributed by atoms with Gasteiger partial charge in [-0.05, 0) is 25.8 Å². The molecule has 1 aliphatic rings. The lowest BCUT2D eigenvalue weighted by molar-refractivity contribution is 0.0554. The van der Waals surface area contributed by atoms with Crippen molar-refractivity contribution in [1.29, 1.82) is 5.26 Å². The van der Waals surface area contributed by atoms with Crippen LogP contribution in [-0.2, 0) is 15.0 Å². The Kier molecular flexibility index (Phi) is 5.75. The van der Waals surface area contributed by atoms with E-state index in [0.717, 1.165) is 25.2 Å². The summed E-state index contributed by atoms with van der Waals surface area (Å²) in [6, 6.07) is 12.4. The lowest BCUT2D eigenvalue weighted by Gasteiger charge is -2.30. The average Bonchev–Trinajstić information content (AvgIpc) is 3.00. The van der Waals surface area contributed by atoms with Gasteiger partial charge in [-0.2, -0.15) is 5.26 Å². The summed E-state index contributed by atoms with van der Waals surface area (Å²) >= 11 is 0. The molecule has 1 saturated heterocycles. The van der Waals surface area contributed by atoms with Gasteiger partial charge in [-0.15, -0.1) is 0 Å². The lowest BCUT2D eigenvalue weighted by atomic mass is 9.91. The van der Waals surface area contributed by atoms with Crippen molar-refractivity contribution < 1.29 is 9.47 Å². The second-order valence-corrected chi connectivity index (χ2v) is 5.93. The van der Waals surface area contributed by atoms with Crippen LogP contribution >= 0.6 is 0 Å². The molecule has 1 fully saturated rings. The molecular formula is C17H24N2O2. The number of hydrogen-bond acceptors (Lipinski definition) is 4. The Balaban J connectivity index is 2.06. The molecule has 1 heterocycles. The Labute approximate surface area is 127 Å². The highest BCUT2D eigenvalue weighted by molar-refractivity contribution is 5.31. The lowest BCUT2D eigenvalue weighted by Crippen LogP contribution is -2.48. The van der Waals surface area contributed by atoms with E-state index in [4.69, 9.17) is 9.47 Å². The van der Waals surface area contributed by atoms with E-state index in [1.807, 2.05) is 44.2 Å². The first-order chi connectivity index (χ1) is 10.2. The van der Waals surface area contributed by atoms with Crippen molar-refractivity contribution >= 4 is 0 Å². The molecule has 2 rings (SSSR count). The minimum atomic E-state index is -0.797. The molecule has 1 aromatic rings. The molecule has 0 amide bonds. The number of nitriles is 1. The van der Waals surface area contributed by atoms with Gasteiger partial charge < -0.3 is 9.47 Å². The maximum Gasteiger partial charge on any atom is 0.156 e. The van der Waals surface area contributed by atoms with Crippen molar-refractivity contribution in [3.8, 4) is 6.07 Å². The Morgan fingerprint density at radius 1 is 1.43 bits per heavy atom. The predicted octanol–water partition coefficient (Wildman–Crippen LogP) is 2.46. The van der Waals surface area contributed by atoms with Crippen LogP contribution in [0.3, 0.4) is 0 Å². The van der Waals surface area contributed by atoms with Crippen LogP contribution in [0.15, 0.2) is 30.3 Å². The molecule has 1 aromatic carbocycles. The molecule has 2 atom stereocenters. The zero-order valence-corrected chi connectivity index (χ0v) is 12.8. The summed E-state index contributed by atoms with van der Waals surface area (Å²) in [4.78, 5) is 0. The largest absolute Gasteiger partial charge is 0.381 e. The van der Waals surface area contributed by atoms with Crippen molar-refractivity contribution in [2.75, 3.05) is 26.4 Å². The number of hydrogen-bond donors (Lipinski definition) is 1. The summed E-state index contributed by atoms with van der Waals surface area (Å²) in [5.74, 6) is 0.455. The molecule has 0 radical (unpaired) electrons. The minimum absolute atomic E-state index is 0.197. The van der Waals surface area contributed by atoms with E-state index in [2.05, 4.69) is 11.4 Å². The fraction of sp³-hybridized carbons (Fsp3) is 0.588. The highest BCUT2D eigenvalue weighted by atomic mass is 16.5. The van der Waals surface area contributed by atoms with Gasteiger partial charge in [0.15, 0.2) is 5.54 Å². The maximum absolute atomic E-state index is 9.75. The number of benzene rings is 1. The summed E-state index contributed by atoms with van der Waals surface area (Å²) in [6.45, 7) is 6.67. The summed E-state index contributed by atoms with van der Waals surface area (Å²) < 4.78 is 11.2. The fourth-order valence-corrected chi connectivity index (χ4v) is 2.65. The third kappa shape index (κ3) is 4.28. The van der Waals surface area contributed by atoms with Gasteiger partial charge in [0.25, 0.3) is 0 Å². The Morgan fingerprint density at radius 3 is 2.76 bits per heavy atom. The van der Waals surface area contributed by atoms with Gasteiger partial charge in [0.1, 0.15) is 0 Å². The smallest absolute Gasteiger partial charge is 0.156 e. The summed E-state index contributed by atoms with van der Waals surface area (Å²) in [5, 5.41) is 13.1. The molecule has 0 aliphatic carbocycles. The van der Waals surface area contributed by atoms with Crippen LogP contribution in [0, 0.1) is 17.2 Å². The summed E-state index contributed by atoms with van der Waals surface area (Å²) in [6.07, 6.45) is 1.04. The highest BCUT2D eigenvalue weighted by Crippen LogP contribution is 2.23. The van der Waals surface area contributed by atoms with E-state index >= 15 is 0 Å². The number of nitrogens with one attached hydrogen (secondary N) is 1. The zero-order valence-electron chi connectivity index (χ0n) is 12.8. The molecule has 0 spiro atoms. The van der Waals surface area contributed by atoms with E-state index in [0.29, 0.717) is 19.1 Å². The first-order valence-corrected chi connectivity index (χ1v) is 7.56. The van der Waals surface area contributed by atoms with E-state index in [1.165, 1.54) is 0 Å². The van der Waals surface area contributed by atoms with Gasteiger partial charge in [0.2, 0.25) is 0 Å². The van der Waals surface area contributed by atoms with Crippen LogP contribution in [0.4, 0.5) is 0 Å². The molecule has 114 valence electrons. The molecule has 21 heavy (non-hydrogen) atoms. The first-order valence-electron chi connectivity index (χ1n) is 7.56. The molecule has 1 N–H and O–H groups in total. The normalized spacial score (nSPS) is 21.1. The maximum atomic E-state index is 9.75. The van der Waals surface area contributed by atoms with Crippen molar-refractivity contribution in [3.63, 3.8) is 0 Å². The standard InChI is InChI=1S/C17H24N2O2/c1-14(2)19-17(12-18,16-6-4-3-5-7-16)13-21-11-15-8-9-20-10-15/h3-7,14-15,19H,8-11,13H2,1-2H3. The Hall–Kier alpha value is -1.41. The van der Waals surface area contributed by atoms with Gasteiger partial charge in [0.05, 0.1) is 25.9 Å². The molecule has 4 heteroatoms. The predicted molar refractivity (Wildman–Crippen MR) is 81.7 cm³/mol. The molecule has 0 aromatic heterocycles.